The van der Waals surface area contributed by atoms with E-state index in [4.69, 9.17) is 15.2 Å². The van der Waals surface area contributed by atoms with Crippen molar-refractivity contribution < 1.29 is 9.47 Å². The molecule has 2 heterocycles. The molecule has 0 aliphatic carbocycles. The predicted octanol–water partition coefficient (Wildman–Crippen LogP) is 0.278. The third-order valence-electron chi connectivity index (χ3n) is 2.17. The number of fused-ring (bicyclic) bond motifs is 1. The van der Waals surface area contributed by atoms with Crippen molar-refractivity contribution in [1.82, 2.24) is 9.97 Å². The van der Waals surface area contributed by atoms with Crippen molar-refractivity contribution in [2.45, 2.75) is 19.6 Å². The maximum absolute atomic E-state index is 5.79. The minimum atomic E-state index is 0.401. The van der Waals surface area contributed by atoms with Crippen molar-refractivity contribution in [2.75, 3.05) is 19.5 Å². The summed E-state index contributed by atoms with van der Waals surface area (Å²) in [4.78, 5) is 8.51. The summed E-state index contributed by atoms with van der Waals surface area (Å²) in [5, 5.41) is 0. The van der Waals surface area contributed by atoms with E-state index in [0.29, 0.717) is 31.5 Å². The monoisotopic (exact) mass is 195 g/mol. The summed E-state index contributed by atoms with van der Waals surface area (Å²) in [6, 6.07) is 0. The topological polar surface area (TPSA) is 70.3 Å². The molecule has 14 heavy (non-hydrogen) atoms. The van der Waals surface area contributed by atoms with Gasteiger partial charge in [-0.2, -0.15) is 0 Å². The van der Waals surface area contributed by atoms with Gasteiger partial charge in [0.1, 0.15) is 12.4 Å². The Morgan fingerprint density at radius 3 is 3.14 bits per heavy atom. The number of ether oxygens (including phenoxy) is 2. The summed E-state index contributed by atoms with van der Waals surface area (Å²) >= 11 is 0. The molecular weight excluding hydrogens is 182 g/mol. The molecule has 0 unspecified atom stereocenters. The molecule has 1 aromatic rings. The highest BCUT2D eigenvalue weighted by Gasteiger charge is 2.16. The van der Waals surface area contributed by atoms with Crippen molar-refractivity contribution in [1.29, 1.82) is 0 Å². The molecule has 2 rings (SSSR count). The van der Waals surface area contributed by atoms with E-state index >= 15 is 0 Å². The second-order valence-electron chi connectivity index (χ2n) is 3.19. The number of methoxy groups -OCH3 is 1. The molecule has 5 nitrogen and oxygen atoms in total. The Labute approximate surface area is 82.3 Å². The van der Waals surface area contributed by atoms with Gasteiger partial charge >= 0.3 is 0 Å². The van der Waals surface area contributed by atoms with Crippen LogP contribution in [-0.4, -0.2) is 23.7 Å². The van der Waals surface area contributed by atoms with Crippen molar-refractivity contribution in [3.8, 4) is 0 Å². The van der Waals surface area contributed by atoms with Gasteiger partial charge in [0.2, 0.25) is 0 Å². The van der Waals surface area contributed by atoms with Crippen LogP contribution in [-0.2, 0) is 29.1 Å². The van der Waals surface area contributed by atoms with Crippen molar-refractivity contribution in [3.63, 3.8) is 0 Å². The van der Waals surface area contributed by atoms with E-state index < -0.39 is 0 Å². The summed E-state index contributed by atoms with van der Waals surface area (Å²) in [7, 11) is 1.61. The summed E-state index contributed by atoms with van der Waals surface area (Å²) in [6.07, 6.45) is 0.804. The van der Waals surface area contributed by atoms with Gasteiger partial charge < -0.3 is 15.2 Å². The fourth-order valence-corrected chi connectivity index (χ4v) is 1.50. The van der Waals surface area contributed by atoms with Crippen LogP contribution >= 0.6 is 0 Å². The predicted molar refractivity (Wildman–Crippen MR) is 50.5 cm³/mol. The Bertz CT molecular complexity index is 341. The highest BCUT2D eigenvalue weighted by atomic mass is 16.5. The fraction of sp³-hybridized carbons (Fsp3) is 0.556. The minimum Gasteiger partial charge on any atom is -0.383 e. The first-order valence-corrected chi connectivity index (χ1v) is 4.52. The maximum Gasteiger partial charge on any atom is 0.156 e. The van der Waals surface area contributed by atoms with Crippen LogP contribution in [0.15, 0.2) is 0 Å². The molecule has 76 valence electrons. The smallest absolute Gasteiger partial charge is 0.156 e. The van der Waals surface area contributed by atoms with E-state index in [1.807, 2.05) is 0 Å². The zero-order chi connectivity index (χ0) is 9.97. The third-order valence-corrected chi connectivity index (χ3v) is 2.17. The lowest BCUT2D eigenvalue weighted by Gasteiger charge is -2.17. The van der Waals surface area contributed by atoms with Crippen LogP contribution in [0.4, 0.5) is 5.82 Å². The van der Waals surface area contributed by atoms with Crippen LogP contribution in [0.3, 0.4) is 0 Å². The van der Waals surface area contributed by atoms with Crippen LogP contribution in [0.1, 0.15) is 17.1 Å². The van der Waals surface area contributed by atoms with E-state index in [1.54, 1.807) is 7.11 Å². The molecule has 1 aliphatic rings. The maximum atomic E-state index is 5.79. The SMILES string of the molecule is COCc1nc(N)c2c(n1)CCOC2. The van der Waals surface area contributed by atoms with E-state index in [0.717, 1.165) is 17.7 Å². The lowest BCUT2D eigenvalue weighted by molar-refractivity contribution is 0.108. The van der Waals surface area contributed by atoms with Crippen LogP contribution in [0.25, 0.3) is 0 Å². The number of nitrogen functional groups attached to an aromatic ring is 1. The van der Waals surface area contributed by atoms with E-state index in [-0.39, 0.29) is 0 Å². The number of nitrogens with zero attached hydrogens (tertiary/aromatic N) is 2. The molecule has 1 aromatic heterocycles. The molecule has 0 atom stereocenters. The number of rotatable bonds is 2. The second kappa shape index (κ2) is 3.89. The van der Waals surface area contributed by atoms with Gasteiger partial charge in [-0.1, -0.05) is 0 Å². The molecule has 0 spiro atoms. The van der Waals surface area contributed by atoms with Crippen molar-refractivity contribution in [3.05, 3.63) is 17.1 Å². The molecule has 0 aromatic carbocycles. The first kappa shape index (κ1) is 9.36. The number of aromatic nitrogens is 2. The average molecular weight is 195 g/mol. The Morgan fingerprint density at radius 1 is 1.50 bits per heavy atom. The summed E-state index contributed by atoms with van der Waals surface area (Å²) in [6.45, 7) is 1.63. The first-order valence-electron chi connectivity index (χ1n) is 4.52. The largest absolute Gasteiger partial charge is 0.383 e. The van der Waals surface area contributed by atoms with Gasteiger partial charge in [-0.3, -0.25) is 0 Å². The minimum absolute atomic E-state index is 0.401. The molecule has 5 heteroatoms. The molecule has 0 bridgehead atoms. The summed E-state index contributed by atoms with van der Waals surface area (Å²) < 4.78 is 10.2. The molecule has 1 aliphatic heterocycles. The van der Waals surface area contributed by atoms with Crippen molar-refractivity contribution in [2.24, 2.45) is 0 Å². The number of hydrogen-bond acceptors (Lipinski definition) is 5. The van der Waals surface area contributed by atoms with Crippen LogP contribution < -0.4 is 5.73 Å². The van der Waals surface area contributed by atoms with E-state index in [1.165, 1.54) is 0 Å². The van der Waals surface area contributed by atoms with Crippen molar-refractivity contribution >= 4 is 5.82 Å². The van der Waals surface area contributed by atoms with Gasteiger partial charge in [-0.05, 0) is 0 Å². The second-order valence-corrected chi connectivity index (χ2v) is 3.19. The molecule has 0 fully saturated rings. The van der Waals surface area contributed by atoms with Gasteiger partial charge in [0.05, 0.1) is 18.9 Å². The molecule has 0 saturated carbocycles. The zero-order valence-electron chi connectivity index (χ0n) is 8.12. The molecule has 0 radical (unpaired) electrons. The van der Waals surface area contributed by atoms with Crippen LogP contribution in [0, 0.1) is 0 Å². The normalized spacial score (nSPS) is 15.2. The fourth-order valence-electron chi connectivity index (χ4n) is 1.50. The molecule has 0 saturated heterocycles. The number of hydrogen-bond donors (Lipinski definition) is 1. The van der Waals surface area contributed by atoms with E-state index in [2.05, 4.69) is 9.97 Å². The van der Waals surface area contributed by atoms with Gasteiger partial charge in [-0.15, -0.1) is 0 Å². The van der Waals surface area contributed by atoms with Crippen LogP contribution in [0.2, 0.25) is 0 Å². The third kappa shape index (κ3) is 1.69. The van der Waals surface area contributed by atoms with E-state index in [9.17, 15) is 0 Å². The summed E-state index contributed by atoms with van der Waals surface area (Å²) in [5.74, 6) is 1.16. The lowest BCUT2D eigenvalue weighted by Crippen LogP contribution is -2.17. The van der Waals surface area contributed by atoms with Gasteiger partial charge in [0.15, 0.2) is 5.82 Å². The number of anilines is 1. The molecular formula is C9H13N3O2. The molecule has 0 amide bonds. The van der Waals surface area contributed by atoms with Gasteiger partial charge in [0.25, 0.3) is 0 Å². The zero-order valence-corrected chi connectivity index (χ0v) is 8.12. The average Bonchev–Trinajstić information content (AvgIpc) is 2.18. The first-order chi connectivity index (χ1) is 6.81. The highest BCUT2D eigenvalue weighted by molar-refractivity contribution is 5.42. The Hall–Kier alpha value is -1.20. The Kier molecular flexibility index (Phi) is 2.60. The standard InChI is InChI=1S/C9H13N3O2/c1-13-5-8-11-7-2-3-14-4-6(7)9(10)12-8/h2-5H2,1H3,(H2,10,11,12). The van der Waals surface area contributed by atoms with Gasteiger partial charge in [0, 0.05) is 19.1 Å². The lowest BCUT2D eigenvalue weighted by atomic mass is 10.1. The Morgan fingerprint density at radius 2 is 2.36 bits per heavy atom. The van der Waals surface area contributed by atoms with Gasteiger partial charge in [-0.25, -0.2) is 9.97 Å². The van der Waals surface area contributed by atoms with Crippen LogP contribution in [0.5, 0.6) is 0 Å². The highest BCUT2D eigenvalue weighted by Crippen LogP contribution is 2.19. The summed E-state index contributed by atoms with van der Waals surface area (Å²) in [5.41, 5.74) is 7.71. The number of nitrogens with two attached hydrogens (primary N) is 1. The Balaban J connectivity index is 2.36. The molecule has 2 N–H and O–H groups in total. The quantitative estimate of drug-likeness (QED) is 0.733.